The quantitative estimate of drug-likeness (QED) is 0.787. The largest absolute Gasteiger partial charge is 0.319 e. The van der Waals surface area contributed by atoms with Crippen LogP contribution in [0.2, 0.25) is 0 Å². The zero-order chi connectivity index (χ0) is 16.2. The first-order chi connectivity index (χ1) is 11.2. The first-order valence-corrected chi connectivity index (χ1v) is 7.68. The summed E-state index contributed by atoms with van der Waals surface area (Å²) >= 11 is 0. The van der Waals surface area contributed by atoms with Gasteiger partial charge in [-0.2, -0.15) is 5.10 Å². The molecule has 0 aliphatic rings. The number of aromatic nitrogens is 2. The van der Waals surface area contributed by atoms with Crippen LogP contribution < -0.4 is 5.32 Å². The van der Waals surface area contributed by atoms with Crippen LogP contribution in [0.15, 0.2) is 60.8 Å². The Hall–Kier alpha value is -2.88. The molecule has 3 rings (SSSR count). The Morgan fingerprint density at radius 3 is 2.30 bits per heavy atom. The van der Waals surface area contributed by atoms with Crippen molar-refractivity contribution in [3.8, 4) is 11.1 Å². The van der Waals surface area contributed by atoms with Crippen LogP contribution in [0.3, 0.4) is 0 Å². The highest BCUT2D eigenvalue weighted by Gasteiger charge is 2.11. The average Bonchev–Trinajstić information content (AvgIpc) is 2.96. The number of amides is 1. The predicted octanol–water partition coefficient (Wildman–Crippen LogP) is 4.13. The maximum Gasteiger partial charge on any atom is 0.255 e. The lowest BCUT2D eigenvalue weighted by molar-refractivity contribution is 0.102. The third kappa shape index (κ3) is 3.16. The van der Waals surface area contributed by atoms with E-state index in [0.717, 1.165) is 29.1 Å². The molecule has 116 valence electrons. The molecule has 3 aromatic rings. The van der Waals surface area contributed by atoms with Crippen LogP contribution in [0, 0.1) is 6.92 Å². The lowest BCUT2D eigenvalue weighted by atomic mass is 10.0. The molecule has 0 aliphatic heterocycles. The molecular weight excluding hydrogens is 286 g/mol. The fourth-order valence-electron chi connectivity index (χ4n) is 2.53. The van der Waals surface area contributed by atoms with Gasteiger partial charge in [0.15, 0.2) is 0 Å². The van der Waals surface area contributed by atoms with Crippen molar-refractivity contribution < 1.29 is 4.79 Å². The van der Waals surface area contributed by atoms with Gasteiger partial charge in [0.1, 0.15) is 0 Å². The first kappa shape index (κ1) is 15.0. The molecule has 0 aliphatic carbocycles. The van der Waals surface area contributed by atoms with E-state index >= 15 is 0 Å². The van der Waals surface area contributed by atoms with Crippen molar-refractivity contribution in [1.82, 2.24) is 9.78 Å². The lowest BCUT2D eigenvalue weighted by Crippen LogP contribution is -2.12. The molecule has 1 N–H and O–H groups in total. The number of carbonyl (C=O) groups is 1. The van der Waals surface area contributed by atoms with Gasteiger partial charge in [0.25, 0.3) is 5.91 Å². The summed E-state index contributed by atoms with van der Waals surface area (Å²) < 4.78 is 1.86. The van der Waals surface area contributed by atoms with E-state index in [1.807, 2.05) is 61.0 Å². The van der Waals surface area contributed by atoms with Crippen LogP contribution in [-0.4, -0.2) is 15.7 Å². The highest BCUT2D eigenvalue weighted by Crippen LogP contribution is 2.20. The van der Waals surface area contributed by atoms with E-state index in [1.165, 1.54) is 0 Å². The Balaban J connectivity index is 1.76. The fourth-order valence-corrected chi connectivity index (χ4v) is 2.53. The molecule has 0 atom stereocenters. The van der Waals surface area contributed by atoms with E-state index in [2.05, 4.69) is 22.5 Å². The molecule has 23 heavy (non-hydrogen) atoms. The van der Waals surface area contributed by atoms with Gasteiger partial charge in [-0.05, 0) is 37.1 Å². The zero-order valence-electron chi connectivity index (χ0n) is 13.3. The molecule has 4 heteroatoms. The summed E-state index contributed by atoms with van der Waals surface area (Å²) in [7, 11) is 0. The lowest BCUT2D eigenvalue weighted by Gasteiger charge is -2.07. The van der Waals surface area contributed by atoms with Crippen molar-refractivity contribution in [2.75, 3.05) is 5.32 Å². The second-order valence-corrected chi connectivity index (χ2v) is 5.36. The number of aryl methyl sites for hydroxylation is 1. The Morgan fingerprint density at radius 1 is 1.04 bits per heavy atom. The third-order valence-corrected chi connectivity index (χ3v) is 3.91. The van der Waals surface area contributed by atoms with Crippen LogP contribution in [0.1, 0.15) is 23.0 Å². The van der Waals surface area contributed by atoms with Gasteiger partial charge in [-0.15, -0.1) is 0 Å². The van der Waals surface area contributed by atoms with E-state index in [0.29, 0.717) is 5.56 Å². The minimum absolute atomic E-state index is 0.122. The van der Waals surface area contributed by atoms with Gasteiger partial charge in [-0.3, -0.25) is 9.48 Å². The Morgan fingerprint density at radius 2 is 1.70 bits per heavy atom. The molecule has 0 unspecified atom stereocenters. The zero-order valence-corrected chi connectivity index (χ0v) is 13.3. The Labute approximate surface area is 135 Å². The highest BCUT2D eigenvalue weighted by molar-refractivity contribution is 6.04. The summed E-state index contributed by atoms with van der Waals surface area (Å²) in [5.41, 5.74) is 4.58. The van der Waals surface area contributed by atoms with Gasteiger partial charge in [-0.1, -0.05) is 42.5 Å². The molecule has 0 fully saturated rings. The number of hydrogen-bond acceptors (Lipinski definition) is 2. The average molecular weight is 305 g/mol. The van der Waals surface area contributed by atoms with E-state index in [4.69, 9.17) is 0 Å². The Kier molecular flexibility index (Phi) is 4.24. The summed E-state index contributed by atoms with van der Waals surface area (Å²) in [5.74, 6) is -0.122. The summed E-state index contributed by atoms with van der Waals surface area (Å²) in [6.07, 6.45) is 1.69. The molecule has 0 radical (unpaired) electrons. The minimum atomic E-state index is -0.122. The molecular formula is C19H19N3O. The van der Waals surface area contributed by atoms with Crippen molar-refractivity contribution in [3.05, 3.63) is 72.1 Å². The predicted molar refractivity (Wildman–Crippen MR) is 92.5 cm³/mol. The van der Waals surface area contributed by atoms with Crippen LogP contribution in [0.5, 0.6) is 0 Å². The second kappa shape index (κ2) is 6.48. The molecule has 0 saturated heterocycles. The summed E-state index contributed by atoms with van der Waals surface area (Å²) in [5, 5.41) is 7.15. The van der Waals surface area contributed by atoms with E-state index < -0.39 is 0 Å². The standard InChI is InChI=1S/C19H19N3O/c1-3-22-14(2)18(13-20-22)21-19(23)17-11-9-16(10-12-17)15-7-5-4-6-8-15/h4-13H,3H2,1-2H3,(H,21,23). The normalized spacial score (nSPS) is 10.5. The number of carbonyl (C=O) groups excluding carboxylic acids is 1. The van der Waals surface area contributed by atoms with Crippen LogP contribution in [0.25, 0.3) is 11.1 Å². The Bertz CT molecular complexity index is 804. The topological polar surface area (TPSA) is 46.9 Å². The SMILES string of the molecule is CCn1ncc(NC(=O)c2ccc(-c3ccccc3)cc2)c1C. The second-order valence-electron chi connectivity index (χ2n) is 5.36. The van der Waals surface area contributed by atoms with Crippen molar-refractivity contribution in [2.45, 2.75) is 20.4 Å². The number of hydrogen-bond donors (Lipinski definition) is 1. The number of nitrogens with zero attached hydrogens (tertiary/aromatic N) is 2. The van der Waals surface area contributed by atoms with Gasteiger partial charge >= 0.3 is 0 Å². The molecule has 0 saturated carbocycles. The van der Waals surface area contributed by atoms with Crippen molar-refractivity contribution in [3.63, 3.8) is 0 Å². The number of anilines is 1. The first-order valence-electron chi connectivity index (χ1n) is 7.68. The van der Waals surface area contributed by atoms with Gasteiger partial charge in [0, 0.05) is 12.1 Å². The number of benzene rings is 2. The molecule has 0 spiro atoms. The van der Waals surface area contributed by atoms with Crippen LogP contribution in [0.4, 0.5) is 5.69 Å². The minimum Gasteiger partial charge on any atom is -0.319 e. The van der Waals surface area contributed by atoms with E-state index in [9.17, 15) is 4.79 Å². The summed E-state index contributed by atoms with van der Waals surface area (Å²) in [6.45, 7) is 4.76. The van der Waals surface area contributed by atoms with Crippen LogP contribution in [-0.2, 0) is 6.54 Å². The number of rotatable bonds is 4. The summed E-state index contributed by atoms with van der Waals surface area (Å²) in [4.78, 5) is 12.4. The van der Waals surface area contributed by atoms with Gasteiger partial charge < -0.3 is 5.32 Å². The van der Waals surface area contributed by atoms with E-state index in [-0.39, 0.29) is 5.91 Å². The number of nitrogens with one attached hydrogen (secondary N) is 1. The molecule has 4 nitrogen and oxygen atoms in total. The van der Waals surface area contributed by atoms with Crippen LogP contribution >= 0.6 is 0 Å². The molecule has 1 heterocycles. The molecule has 1 aromatic heterocycles. The highest BCUT2D eigenvalue weighted by atomic mass is 16.1. The van der Waals surface area contributed by atoms with E-state index in [1.54, 1.807) is 6.20 Å². The van der Waals surface area contributed by atoms with Gasteiger partial charge in [0.2, 0.25) is 0 Å². The molecule has 2 aromatic carbocycles. The van der Waals surface area contributed by atoms with Crippen molar-refractivity contribution >= 4 is 11.6 Å². The maximum atomic E-state index is 12.4. The smallest absolute Gasteiger partial charge is 0.255 e. The monoisotopic (exact) mass is 305 g/mol. The summed E-state index contributed by atoms with van der Waals surface area (Å²) in [6, 6.07) is 17.7. The van der Waals surface area contributed by atoms with Gasteiger partial charge in [0.05, 0.1) is 17.6 Å². The fraction of sp³-hybridized carbons (Fsp3) is 0.158. The molecule has 0 bridgehead atoms. The van der Waals surface area contributed by atoms with Crippen molar-refractivity contribution in [2.24, 2.45) is 0 Å². The van der Waals surface area contributed by atoms with Gasteiger partial charge in [-0.25, -0.2) is 0 Å². The third-order valence-electron chi connectivity index (χ3n) is 3.91. The van der Waals surface area contributed by atoms with Crippen molar-refractivity contribution in [1.29, 1.82) is 0 Å². The maximum absolute atomic E-state index is 12.4. The molecule has 1 amide bonds.